The Bertz CT molecular complexity index is 1480. The van der Waals surface area contributed by atoms with E-state index in [-0.39, 0.29) is 12.5 Å². The van der Waals surface area contributed by atoms with Gasteiger partial charge in [-0.05, 0) is 54.8 Å². The van der Waals surface area contributed by atoms with E-state index >= 15 is 0 Å². The molecule has 0 spiro atoms. The van der Waals surface area contributed by atoms with Gasteiger partial charge in [-0.2, -0.15) is 0 Å². The van der Waals surface area contributed by atoms with Crippen molar-refractivity contribution in [2.24, 2.45) is 0 Å². The van der Waals surface area contributed by atoms with Crippen molar-refractivity contribution in [2.45, 2.75) is 38.3 Å². The maximum Gasteiger partial charge on any atom is 0.238 e. The molecule has 7 nitrogen and oxygen atoms in total. The first-order valence-electron chi connectivity index (χ1n) is 14.0. The summed E-state index contributed by atoms with van der Waals surface area (Å²) in [5.74, 6) is 1.50. The highest BCUT2D eigenvalue weighted by molar-refractivity contribution is 6.31. The van der Waals surface area contributed by atoms with E-state index in [9.17, 15) is 4.79 Å². The van der Waals surface area contributed by atoms with Crippen LogP contribution in [0, 0.1) is 0 Å². The fraction of sp³-hybridized carbons (Fsp3) is 0.344. The molecule has 1 saturated carbocycles. The maximum absolute atomic E-state index is 13.4. The molecule has 0 atom stereocenters. The van der Waals surface area contributed by atoms with Crippen LogP contribution in [0.1, 0.15) is 37.3 Å². The molecule has 1 amide bonds. The van der Waals surface area contributed by atoms with Crippen LogP contribution in [-0.4, -0.2) is 48.3 Å². The monoisotopic (exact) mass is 559 g/mol. The van der Waals surface area contributed by atoms with E-state index in [1.54, 1.807) is 18.2 Å². The number of hydrogen-bond acceptors (Lipinski definition) is 5. The van der Waals surface area contributed by atoms with Gasteiger partial charge in [-0.3, -0.25) is 9.69 Å². The van der Waals surface area contributed by atoms with Gasteiger partial charge in [0.05, 0.1) is 25.4 Å². The second-order valence-corrected chi connectivity index (χ2v) is 10.9. The van der Waals surface area contributed by atoms with Crippen LogP contribution in [0.15, 0.2) is 72.9 Å². The molecule has 1 aliphatic heterocycles. The minimum absolute atomic E-state index is 0.147. The number of aromatic nitrogens is 1. The number of nitrogens with zero attached hydrogens (tertiary/aromatic N) is 2. The topological polar surface area (TPSA) is 65.0 Å². The SMILES string of the molecule is O=C1CN(Cc2cn(C3CCCC3)c3ccccc23)CCOCCOc2ccccc2Oc2ccc(Cl)cc2N1. The summed E-state index contributed by atoms with van der Waals surface area (Å²) in [5, 5.41) is 4.78. The number of benzene rings is 3. The third kappa shape index (κ3) is 6.12. The largest absolute Gasteiger partial charge is 0.487 e. The van der Waals surface area contributed by atoms with E-state index in [1.165, 1.54) is 42.1 Å². The molecule has 1 aromatic heterocycles. The highest BCUT2D eigenvalue weighted by Crippen LogP contribution is 2.37. The summed E-state index contributed by atoms with van der Waals surface area (Å²) in [4.78, 5) is 15.5. The fourth-order valence-electron chi connectivity index (χ4n) is 5.70. The lowest BCUT2D eigenvalue weighted by atomic mass is 10.1. The minimum atomic E-state index is -0.147. The zero-order valence-corrected chi connectivity index (χ0v) is 23.2. The fourth-order valence-corrected chi connectivity index (χ4v) is 5.88. The zero-order valence-electron chi connectivity index (χ0n) is 22.5. The summed E-state index contributed by atoms with van der Waals surface area (Å²) < 4.78 is 20.5. The van der Waals surface area contributed by atoms with Crippen molar-refractivity contribution in [1.82, 2.24) is 9.47 Å². The van der Waals surface area contributed by atoms with E-state index in [0.29, 0.717) is 66.9 Å². The molecule has 4 aromatic rings. The van der Waals surface area contributed by atoms with Crippen LogP contribution < -0.4 is 14.8 Å². The Balaban J connectivity index is 1.26. The number of carbonyl (C=O) groups is 1. The number of para-hydroxylation sites is 3. The van der Waals surface area contributed by atoms with Crippen molar-refractivity contribution < 1.29 is 19.0 Å². The first-order valence-corrected chi connectivity index (χ1v) is 14.4. The summed E-state index contributed by atoms with van der Waals surface area (Å²) in [6, 6.07) is 21.8. The van der Waals surface area contributed by atoms with Crippen LogP contribution in [-0.2, 0) is 16.1 Å². The molecule has 2 heterocycles. The molecule has 1 N–H and O–H groups in total. The van der Waals surface area contributed by atoms with Gasteiger partial charge >= 0.3 is 0 Å². The summed E-state index contributed by atoms with van der Waals surface area (Å²) in [6.07, 6.45) is 7.28. The molecule has 3 aromatic carbocycles. The third-order valence-electron chi connectivity index (χ3n) is 7.62. The van der Waals surface area contributed by atoms with E-state index in [4.69, 9.17) is 25.8 Å². The molecule has 0 bridgehead atoms. The van der Waals surface area contributed by atoms with Crippen LogP contribution in [0.25, 0.3) is 10.9 Å². The molecule has 6 rings (SSSR count). The van der Waals surface area contributed by atoms with Gasteiger partial charge in [-0.25, -0.2) is 0 Å². The van der Waals surface area contributed by atoms with Crippen molar-refractivity contribution in [3.05, 3.63) is 83.5 Å². The van der Waals surface area contributed by atoms with Crippen molar-refractivity contribution >= 4 is 34.1 Å². The molecule has 0 saturated heterocycles. The first kappa shape index (κ1) is 26.7. The molecular formula is C32H34ClN3O4. The van der Waals surface area contributed by atoms with Gasteiger partial charge in [0.1, 0.15) is 6.61 Å². The highest BCUT2D eigenvalue weighted by atomic mass is 35.5. The summed E-state index contributed by atoms with van der Waals surface area (Å²) in [5.41, 5.74) is 3.00. The number of hydrogen-bond donors (Lipinski definition) is 1. The average Bonchev–Trinajstić information content (AvgIpc) is 3.61. The lowest BCUT2D eigenvalue weighted by molar-refractivity contribution is -0.117. The lowest BCUT2D eigenvalue weighted by Gasteiger charge is -2.22. The van der Waals surface area contributed by atoms with Crippen molar-refractivity contribution in [3.63, 3.8) is 0 Å². The zero-order chi connectivity index (χ0) is 27.3. The van der Waals surface area contributed by atoms with Crippen molar-refractivity contribution in [3.8, 4) is 17.2 Å². The molecule has 1 fully saturated rings. The van der Waals surface area contributed by atoms with E-state index < -0.39 is 0 Å². The second kappa shape index (κ2) is 12.3. The molecule has 40 heavy (non-hydrogen) atoms. The van der Waals surface area contributed by atoms with Crippen molar-refractivity contribution in [2.75, 3.05) is 38.2 Å². The Morgan fingerprint density at radius 3 is 2.58 bits per heavy atom. The summed E-state index contributed by atoms with van der Waals surface area (Å²) >= 11 is 6.31. The summed E-state index contributed by atoms with van der Waals surface area (Å²) in [7, 11) is 0. The Kier molecular flexibility index (Phi) is 8.23. The molecule has 208 valence electrons. The van der Waals surface area contributed by atoms with Gasteiger partial charge < -0.3 is 24.1 Å². The van der Waals surface area contributed by atoms with Crippen LogP contribution in [0.2, 0.25) is 5.02 Å². The Morgan fingerprint density at radius 1 is 0.900 bits per heavy atom. The number of amides is 1. The number of anilines is 1. The van der Waals surface area contributed by atoms with Gasteiger partial charge in [0.2, 0.25) is 5.91 Å². The van der Waals surface area contributed by atoms with Gasteiger partial charge in [-0.1, -0.05) is 54.8 Å². The van der Waals surface area contributed by atoms with Crippen LogP contribution >= 0.6 is 11.6 Å². The number of nitrogens with one attached hydrogen (secondary N) is 1. The average molecular weight is 560 g/mol. The molecule has 0 unspecified atom stereocenters. The van der Waals surface area contributed by atoms with Gasteiger partial charge in [-0.15, -0.1) is 0 Å². The van der Waals surface area contributed by atoms with Gasteiger partial charge in [0.25, 0.3) is 0 Å². The van der Waals surface area contributed by atoms with Gasteiger partial charge in [0.15, 0.2) is 17.2 Å². The number of rotatable bonds is 3. The Labute approximate surface area is 239 Å². The molecule has 0 radical (unpaired) electrons. The van der Waals surface area contributed by atoms with Crippen LogP contribution in [0.3, 0.4) is 0 Å². The second-order valence-electron chi connectivity index (χ2n) is 10.4. The smallest absolute Gasteiger partial charge is 0.238 e. The van der Waals surface area contributed by atoms with Crippen LogP contribution in [0.5, 0.6) is 17.2 Å². The Hall–Kier alpha value is -3.52. The van der Waals surface area contributed by atoms with Crippen LogP contribution in [0.4, 0.5) is 5.69 Å². The van der Waals surface area contributed by atoms with E-state index in [1.807, 2.05) is 24.3 Å². The quantitative estimate of drug-likeness (QED) is 0.291. The number of carbonyl (C=O) groups excluding carboxylic acids is 1. The van der Waals surface area contributed by atoms with Gasteiger partial charge in [0, 0.05) is 41.3 Å². The highest BCUT2D eigenvalue weighted by Gasteiger charge is 2.22. The molecular weight excluding hydrogens is 526 g/mol. The summed E-state index contributed by atoms with van der Waals surface area (Å²) in [6.45, 7) is 2.75. The predicted octanol–water partition coefficient (Wildman–Crippen LogP) is 7.05. The first-order chi connectivity index (χ1) is 19.6. The minimum Gasteiger partial charge on any atom is -0.487 e. The number of ether oxygens (including phenoxy) is 3. The number of fused-ring (bicyclic) bond motifs is 3. The number of halogens is 1. The molecule has 2 aliphatic rings. The van der Waals surface area contributed by atoms with Crippen molar-refractivity contribution in [1.29, 1.82) is 0 Å². The Morgan fingerprint density at radius 2 is 1.70 bits per heavy atom. The maximum atomic E-state index is 13.4. The lowest BCUT2D eigenvalue weighted by Crippen LogP contribution is -2.35. The third-order valence-corrected chi connectivity index (χ3v) is 7.86. The van der Waals surface area contributed by atoms with E-state index in [0.717, 1.165) is 0 Å². The predicted molar refractivity (Wildman–Crippen MR) is 158 cm³/mol. The standard InChI is InChI=1S/C32H34ClN3O4/c33-24-13-14-29-27(19-24)34-32(37)22-35(15-16-38-17-18-39-30-11-5-6-12-31(30)40-29)20-23-21-36(25-7-1-2-8-25)28-10-4-3-9-26(23)28/h3-6,9-14,19,21,25H,1-2,7-8,15-18,20,22H2,(H,34,37). The molecule has 8 heteroatoms. The normalized spacial score (nSPS) is 17.7. The molecule has 1 aliphatic carbocycles. The van der Waals surface area contributed by atoms with E-state index in [2.05, 4.69) is 45.2 Å².